The minimum Gasteiger partial charge on any atom is -0.375 e. The number of carbonyl (C=O) groups is 1. The fourth-order valence-corrected chi connectivity index (χ4v) is 2.11. The van der Waals surface area contributed by atoms with E-state index >= 15 is 0 Å². The summed E-state index contributed by atoms with van der Waals surface area (Å²) in [4.78, 5) is 11.5. The van der Waals surface area contributed by atoms with E-state index in [2.05, 4.69) is 6.92 Å². The summed E-state index contributed by atoms with van der Waals surface area (Å²) in [6.07, 6.45) is 5.75. The SMILES string of the molecule is CCCCCCC[C@@](O)(C(N)=O)c1ccccc1. The number of hydrogen-bond acceptors (Lipinski definition) is 2. The van der Waals surface area contributed by atoms with Crippen molar-refractivity contribution < 1.29 is 9.90 Å². The summed E-state index contributed by atoms with van der Waals surface area (Å²) in [5.41, 5.74) is 4.43. The molecule has 18 heavy (non-hydrogen) atoms. The lowest BCUT2D eigenvalue weighted by Crippen LogP contribution is -2.41. The van der Waals surface area contributed by atoms with Crippen LogP contribution in [-0.2, 0) is 10.4 Å². The van der Waals surface area contributed by atoms with Crippen LogP contribution in [0.15, 0.2) is 30.3 Å². The van der Waals surface area contributed by atoms with E-state index in [4.69, 9.17) is 5.73 Å². The molecule has 0 saturated heterocycles. The third-order valence-electron chi connectivity index (χ3n) is 3.30. The predicted octanol–water partition coefficient (Wildman–Crippen LogP) is 2.72. The van der Waals surface area contributed by atoms with Crippen LogP contribution in [-0.4, -0.2) is 11.0 Å². The third-order valence-corrected chi connectivity index (χ3v) is 3.30. The summed E-state index contributed by atoms with van der Waals surface area (Å²) in [5, 5.41) is 10.4. The molecule has 3 heteroatoms. The molecule has 0 fully saturated rings. The lowest BCUT2D eigenvalue weighted by atomic mass is 9.87. The summed E-state index contributed by atoms with van der Waals surface area (Å²) in [5.74, 6) is -0.663. The number of aliphatic hydroxyl groups is 1. The van der Waals surface area contributed by atoms with Gasteiger partial charge >= 0.3 is 0 Å². The van der Waals surface area contributed by atoms with E-state index in [1.807, 2.05) is 6.07 Å². The van der Waals surface area contributed by atoms with Gasteiger partial charge in [0, 0.05) is 0 Å². The van der Waals surface area contributed by atoms with Crippen molar-refractivity contribution in [2.75, 3.05) is 0 Å². The number of benzene rings is 1. The molecule has 100 valence electrons. The summed E-state index contributed by atoms with van der Waals surface area (Å²) in [6, 6.07) is 8.96. The maximum absolute atomic E-state index is 11.5. The quantitative estimate of drug-likeness (QED) is 0.696. The fraction of sp³-hybridized carbons (Fsp3) is 0.533. The molecule has 0 aromatic heterocycles. The molecule has 1 atom stereocenters. The lowest BCUT2D eigenvalue weighted by molar-refractivity contribution is -0.138. The Hall–Kier alpha value is -1.35. The lowest BCUT2D eigenvalue weighted by Gasteiger charge is -2.25. The Morgan fingerprint density at radius 2 is 1.78 bits per heavy atom. The molecule has 1 rings (SSSR count). The predicted molar refractivity (Wildman–Crippen MR) is 72.9 cm³/mol. The first-order chi connectivity index (χ1) is 8.61. The van der Waals surface area contributed by atoms with Crippen molar-refractivity contribution in [2.45, 2.75) is 51.0 Å². The number of amides is 1. The van der Waals surface area contributed by atoms with Crippen LogP contribution in [0, 0.1) is 0 Å². The van der Waals surface area contributed by atoms with E-state index < -0.39 is 11.5 Å². The van der Waals surface area contributed by atoms with Gasteiger partial charge in [0.2, 0.25) is 0 Å². The van der Waals surface area contributed by atoms with Crippen LogP contribution < -0.4 is 5.73 Å². The van der Waals surface area contributed by atoms with Crippen molar-refractivity contribution in [2.24, 2.45) is 5.73 Å². The second-order valence-electron chi connectivity index (χ2n) is 4.75. The monoisotopic (exact) mass is 249 g/mol. The average molecular weight is 249 g/mol. The van der Waals surface area contributed by atoms with Gasteiger partial charge in [-0.25, -0.2) is 0 Å². The molecule has 0 heterocycles. The molecule has 0 radical (unpaired) electrons. The Kier molecular flexibility index (Phi) is 5.86. The first-order valence-electron chi connectivity index (χ1n) is 6.69. The highest BCUT2D eigenvalue weighted by molar-refractivity contribution is 5.84. The molecular formula is C15H23NO2. The Morgan fingerprint density at radius 3 is 2.33 bits per heavy atom. The first kappa shape index (κ1) is 14.7. The van der Waals surface area contributed by atoms with Crippen molar-refractivity contribution in [3.8, 4) is 0 Å². The molecule has 0 saturated carbocycles. The minimum absolute atomic E-state index is 0.399. The molecule has 0 unspecified atom stereocenters. The molecule has 3 nitrogen and oxygen atoms in total. The van der Waals surface area contributed by atoms with E-state index in [1.54, 1.807) is 24.3 Å². The van der Waals surface area contributed by atoms with Gasteiger partial charge in [-0.1, -0.05) is 62.9 Å². The number of unbranched alkanes of at least 4 members (excludes halogenated alkanes) is 4. The van der Waals surface area contributed by atoms with Gasteiger partial charge in [0.15, 0.2) is 5.60 Å². The smallest absolute Gasteiger partial charge is 0.254 e. The van der Waals surface area contributed by atoms with Gasteiger partial charge in [-0.05, 0) is 18.4 Å². The zero-order valence-corrected chi connectivity index (χ0v) is 11.1. The third kappa shape index (κ3) is 3.84. The molecule has 0 spiro atoms. The number of rotatable bonds is 8. The molecule has 1 aromatic carbocycles. The topological polar surface area (TPSA) is 63.3 Å². The van der Waals surface area contributed by atoms with E-state index in [1.165, 1.54) is 12.8 Å². The Labute approximate surface area is 109 Å². The van der Waals surface area contributed by atoms with Crippen molar-refractivity contribution in [3.05, 3.63) is 35.9 Å². The zero-order valence-electron chi connectivity index (χ0n) is 11.1. The van der Waals surface area contributed by atoms with Crippen LogP contribution in [0.5, 0.6) is 0 Å². The Balaban J connectivity index is 2.62. The molecule has 0 aliphatic rings. The van der Waals surface area contributed by atoms with Crippen molar-refractivity contribution in [1.82, 2.24) is 0 Å². The number of carbonyl (C=O) groups excluding carboxylic acids is 1. The second-order valence-corrected chi connectivity index (χ2v) is 4.75. The van der Waals surface area contributed by atoms with Crippen LogP contribution >= 0.6 is 0 Å². The van der Waals surface area contributed by atoms with Crippen molar-refractivity contribution >= 4 is 5.91 Å². The van der Waals surface area contributed by atoms with E-state index in [9.17, 15) is 9.90 Å². The van der Waals surface area contributed by atoms with Crippen LogP contribution in [0.1, 0.15) is 51.0 Å². The number of hydrogen-bond donors (Lipinski definition) is 2. The van der Waals surface area contributed by atoms with Crippen LogP contribution in [0.25, 0.3) is 0 Å². The largest absolute Gasteiger partial charge is 0.375 e. The number of primary amides is 1. The summed E-state index contributed by atoms with van der Waals surface area (Å²) < 4.78 is 0. The van der Waals surface area contributed by atoms with Crippen LogP contribution in [0.3, 0.4) is 0 Å². The van der Waals surface area contributed by atoms with Gasteiger partial charge in [0.25, 0.3) is 5.91 Å². The molecule has 0 aliphatic heterocycles. The molecule has 0 aliphatic carbocycles. The maximum atomic E-state index is 11.5. The van der Waals surface area contributed by atoms with E-state index in [0.717, 1.165) is 19.3 Å². The molecule has 1 amide bonds. The maximum Gasteiger partial charge on any atom is 0.254 e. The van der Waals surface area contributed by atoms with Gasteiger partial charge in [0.05, 0.1) is 0 Å². The van der Waals surface area contributed by atoms with Gasteiger partial charge in [-0.15, -0.1) is 0 Å². The average Bonchev–Trinajstić information content (AvgIpc) is 2.39. The zero-order chi connectivity index (χ0) is 13.4. The summed E-state index contributed by atoms with van der Waals surface area (Å²) in [6.45, 7) is 2.16. The van der Waals surface area contributed by atoms with E-state index in [0.29, 0.717) is 12.0 Å². The molecule has 0 bridgehead atoms. The fourth-order valence-electron chi connectivity index (χ4n) is 2.11. The number of nitrogens with two attached hydrogens (primary N) is 1. The Morgan fingerprint density at radius 1 is 1.17 bits per heavy atom. The molecule has 1 aromatic rings. The highest BCUT2D eigenvalue weighted by atomic mass is 16.3. The van der Waals surface area contributed by atoms with E-state index in [-0.39, 0.29) is 0 Å². The van der Waals surface area contributed by atoms with Gasteiger partial charge in [-0.2, -0.15) is 0 Å². The highest BCUT2D eigenvalue weighted by Crippen LogP contribution is 2.27. The minimum atomic E-state index is -1.52. The highest BCUT2D eigenvalue weighted by Gasteiger charge is 2.34. The van der Waals surface area contributed by atoms with Crippen LogP contribution in [0.4, 0.5) is 0 Å². The molecular weight excluding hydrogens is 226 g/mol. The normalized spacial score (nSPS) is 14.1. The van der Waals surface area contributed by atoms with Crippen molar-refractivity contribution in [1.29, 1.82) is 0 Å². The van der Waals surface area contributed by atoms with Crippen LogP contribution in [0.2, 0.25) is 0 Å². The van der Waals surface area contributed by atoms with Crippen molar-refractivity contribution in [3.63, 3.8) is 0 Å². The summed E-state index contributed by atoms with van der Waals surface area (Å²) in [7, 11) is 0. The summed E-state index contributed by atoms with van der Waals surface area (Å²) >= 11 is 0. The Bertz CT molecular complexity index is 364. The standard InChI is InChI=1S/C15H23NO2/c1-2-3-4-5-9-12-15(18,14(16)17)13-10-7-6-8-11-13/h6-8,10-11,18H,2-5,9,12H2,1H3,(H2,16,17)/t15-/m0/s1. The first-order valence-corrected chi connectivity index (χ1v) is 6.69. The van der Waals surface area contributed by atoms with Gasteiger partial charge in [0.1, 0.15) is 0 Å². The molecule has 3 N–H and O–H groups in total. The van der Waals surface area contributed by atoms with Gasteiger partial charge in [-0.3, -0.25) is 4.79 Å². The van der Waals surface area contributed by atoms with Gasteiger partial charge < -0.3 is 10.8 Å². The second kappa shape index (κ2) is 7.17.